The fourth-order valence-corrected chi connectivity index (χ4v) is 2.60. The summed E-state index contributed by atoms with van der Waals surface area (Å²) in [6.45, 7) is -0.0393. The Morgan fingerprint density at radius 2 is 1.72 bits per heavy atom. The minimum Gasteiger partial charge on any atom is -0.497 e. The van der Waals surface area contributed by atoms with E-state index in [-0.39, 0.29) is 18.7 Å². The molecular formula is C20H21N3O6. The molecule has 0 saturated carbocycles. The van der Waals surface area contributed by atoms with Gasteiger partial charge in [-0.2, -0.15) is 0 Å². The molecule has 0 aliphatic rings. The summed E-state index contributed by atoms with van der Waals surface area (Å²) >= 11 is 0. The second-order valence-electron chi connectivity index (χ2n) is 6.18. The Bertz CT molecular complexity index is 1040. The van der Waals surface area contributed by atoms with Crippen molar-refractivity contribution in [2.75, 3.05) is 25.6 Å². The molecule has 0 radical (unpaired) electrons. The standard InChI is InChI=1S/C20H21N3O6/c1-27-14-5-7-15(8-6-14)28-10-2-3-19(25)29-12-18(24)21-13-4-9-16-17(11-13)23-20(26)22-16/h4-9,11H,2-3,10,12H2,1H3,(H,21,24)(H2,22,23,26). The maximum atomic E-state index is 11.9. The van der Waals surface area contributed by atoms with Crippen LogP contribution in [-0.2, 0) is 14.3 Å². The van der Waals surface area contributed by atoms with E-state index in [1.165, 1.54) is 0 Å². The minimum absolute atomic E-state index is 0.139. The summed E-state index contributed by atoms with van der Waals surface area (Å²) in [5.41, 5.74) is 1.37. The van der Waals surface area contributed by atoms with Crippen molar-refractivity contribution in [3.05, 3.63) is 52.9 Å². The summed E-state index contributed by atoms with van der Waals surface area (Å²) in [4.78, 5) is 40.1. The minimum atomic E-state index is -0.483. The first-order valence-electron chi connectivity index (χ1n) is 8.98. The average molecular weight is 399 g/mol. The number of amides is 1. The highest BCUT2D eigenvalue weighted by Crippen LogP contribution is 2.17. The normalized spacial score (nSPS) is 10.5. The lowest BCUT2D eigenvalue weighted by Gasteiger charge is -2.08. The maximum absolute atomic E-state index is 11.9. The molecule has 29 heavy (non-hydrogen) atoms. The summed E-state index contributed by atoms with van der Waals surface area (Å²) in [6.07, 6.45) is 0.601. The Balaban J connectivity index is 1.34. The number of ether oxygens (including phenoxy) is 3. The van der Waals surface area contributed by atoms with Crippen LogP contribution in [0.25, 0.3) is 11.0 Å². The van der Waals surface area contributed by atoms with Crippen LogP contribution in [0.3, 0.4) is 0 Å². The van der Waals surface area contributed by atoms with Crippen molar-refractivity contribution >= 4 is 28.6 Å². The van der Waals surface area contributed by atoms with Gasteiger partial charge < -0.3 is 29.5 Å². The molecular weight excluding hydrogens is 378 g/mol. The van der Waals surface area contributed by atoms with Crippen LogP contribution >= 0.6 is 0 Å². The third-order valence-electron chi connectivity index (χ3n) is 4.02. The zero-order valence-electron chi connectivity index (χ0n) is 15.8. The number of imidazole rings is 1. The number of hydrogen-bond donors (Lipinski definition) is 3. The molecule has 0 saturated heterocycles. The van der Waals surface area contributed by atoms with Gasteiger partial charge in [0, 0.05) is 12.1 Å². The highest BCUT2D eigenvalue weighted by atomic mass is 16.5. The predicted molar refractivity (Wildman–Crippen MR) is 106 cm³/mol. The fourth-order valence-electron chi connectivity index (χ4n) is 2.60. The summed E-state index contributed by atoms with van der Waals surface area (Å²) < 4.78 is 15.6. The van der Waals surface area contributed by atoms with Crippen LogP contribution < -0.4 is 20.5 Å². The molecule has 3 aromatic rings. The Morgan fingerprint density at radius 1 is 1.00 bits per heavy atom. The van der Waals surface area contributed by atoms with E-state index in [9.17, 15) is 14.4 Å². The zero-order chi connectivity index (χ0) is 20.6. The SMILES string of the molecule is COc1ccc(OCCCC(=O)OCC(=O)Nc2ccc3[nH]c(=O)[nH]c3c2)cc1. The predicted octanol–water partition coefficient (Wildman–Crippen LogP) is 2.21. The van der Waals surface area contributed by atoms with E-state index in [1.807, 2.05) is 0 Å². The Kier molecular flexibility index (Phi) is 6.51. The first-order chi connectivity index (χ1) is 14.0. The Morgan fingerprint density at radius 3 is 2.48 bits per heavy atom. The van der Waals surface area contributed by atoms with E-state index < -0.39 is 11.9 Å². The van der Waals surface area contributed by atoms with E-state index in [2.05, 4.69) is 15.3 Å². The first-order valence-corrected chi connectivity index (χ1v) is 8.98. The van der Waals surface area contributed by atoms with Gasteiger partial charge in [-0.15, -0.1) is 0 Å². The van der Waals surface area contributed by atoms with Gasteiger partial charge in [-0.05, 0) is 48.9 Å². The number of carbonyl (C=O) groups is 2. The van der Waals surface area contributed by atoms with Gasteiger partial charge in [-0.3, -0.25) is 9.59 Å². The third kappa shape index (κ3) is 5.86. The number of fused-ring (bicyclic) bond motifs is 1. The number of aromatic nitrogens is 2. The van der Waals surface area contributed by atoms with Gasteiger partial charge in [-0.25, -0.2) is 4.79 Å². The summed E-state index contributed by atoms with van der Waals surface area (Å²) in [6, 6.07) is 12.1. The topological polar surface area (TPSA) is 123 Å². The van der Waals surface area contributed by atoms with Crippen LogP contribution in [0, 0.1) is 0 Å². The lowest BCUT2D eigenvalue weighted by atomic mass is 10.3. The molecule has 0 bridgehead atoms. The molecule has 0 aliphatic carbocycles. The number of esters is 1. The average Bonchev–Trinajstić information content (AvgIpc) is 3.09. The Hall–Kier alpha value is -3.75. The number of methoxy groups -OCH3 is 1. The molecule has 3 N–H and O–H groups in total. The number of nitrogens with one attached hydrogen (secondary N) is 3. The van der Waals surface area contributed by atoms with Gasteiger partial charge >= 0.3 is 11.7 Å². The summed E-state index contributed by atoms with van der Waals surface area (Å²) in [5.74, 6) is 0.466. The molecule has 3 rings (SSSR count). The van der Waals surface area contributed by atoms with Crippen molar-refractivity contribution in [3.63, 3.8) is 0 Å². The van der Waals surface area contributed by atoms with Gasteiger partial charge in [0.25, 0.3) is 5.91 Å². The monoisotopic (exact) mass is 399 g/mol. The van der Waals surface area contributed by atoms with Gasteiger partial charge in [0.2, 0.25) is 0 Å². The second-order valence-corrected chi connectivity index (χ2v) is 6.18. The van der Waals surface area contributed by atoms with Gasteiger partial charge in [0.05, 0.1) is 24.8 Å². The van der Waals surface area contributed by atoms with Crippen LogP contribution in [0.1, 0.15) is 12.8 Å². The third-order valence-corrected chi connectivity index (χ3v) is 4.02. The molecule has 1 amide bonds. The summed E-state index contributed by atoms with van der Waals surface area (Å²) in [7, 11) is 1.59. The second kappa shape index (κ2) is 9.45. The van der Waals surface area contributed by atoms with Crippen molar-refractivity contribution in [2.45, 2.75) is 12.8 Å². The van der Waals surface area contributed by atoms with Crippen molar-refractivity contribution in [2.24, 2.45) is 0 Å². The molecule has 0 fully saturated rings. The highest BCUT2D eigenvalue weighted by molar-refractivity contribution is 5.94. The van der Waals surface area contributed by atoms with Crippen molar-refractivity contribution < 1.29 is 23.8 Å². The van der Waals surface area contributed by atoms with Gasteiger partial charge in [-0.1, -0.05) is 0 Å². The van der Waals surface area contributed by atoms with Crippen LogP contribution in [0.4, 0.5) is 5.69 Å². The number of rotatable bonds is 9. The number of anilines is 1. The lowest BCUT2D eigenvalue weighted by Crippen LogP contribution is -2.21. The molecule has 0 aliphatic heterocycles. The molecule has 9 nitrogen and oxygen atoms in total. The van der Waals surface area contributed by atoms with Crippen molar-refractivity contribution in [1.29, 1.82) is 0 Å². The maximum Gasteiger partial charge on any atom is 0.323 e. The molecule has 0 spiro atoms. The van der Waals surface area contributed by atoms with Gasteiger partial charge in [0.1, 0.15) is 11.5 Å². The van der Waals surface area contributed by atoms with Crippen LogP contribution in [0.15, 0.2) is 47.3 Å². The van der Waals surface area contributed by atoms with Crippen molar-refractivity contribution in [3.8, 4) is 11.5 Å². The Labute approximate surface area is 166 Å². The number of aromatic amines is 2. The smallest absolute Gasteiger partial charge is 0.323 e. The van der Waals surface area contributed by atoms with E-state index in [4.69, 9.17) is 14.2 Å². The van der Waals surface area contributed by atoms with E-state index in [0.29, 0.717) is 35.5 Å². The molecule has 2 aromatic carbocycles. The highest BCUT2D eigenvalue weighted by Gasteiger charge is 2.09. The van der Waals surface area contributed by atoms with E-state index in [1.54, 1.807) is 49.6 Å². The lowest BCUT2D eigenvalue weighted by molar-refractivity contribution is -0.147. The first kappa shape index (κ1) is 20.0. The molecule has 0 unspecified atom stereocenters. The fraction of sp³-hybridized carbons (Fsp3) is 0.250. The molecule has 9 heteroatoms. The van der Waals surface area contributed by atoms with Gasteiger partial charge in [0.15, 0.2) is 6.61 Å². The molecule has 152 valence electrons. The number of hydrogen-bond acceptors (Lipinski definition) is 6. The molecule has 1 aromatic heterocycles. The number of carbonyl (C=O) groups excluding carboxylic acids is 2. The van der Waals surface area contributed by atoms with Crippen LogP contribution in [0.5, 0.6) is 11.5 Å². The largest absolute Gasteiger partial charge is 0.497 e. The summed E-state index contributed by atoms with van der Waals surface area (Å²) in [5, 5.41) is 2.61. The number of H-pyrrole nitrogens is 2. The van der Waals surface area contributed by atoms with E-state index >= 15 is 0 Å². The number of benzene rings is 2. The van der Waals surface area contributed by atoms with Crippen LogP contribution in [0.2, 0.25) is 0 Å². The van der Waals surface area contributed by atoms with E-state index in [0.717, 1.165) is 5.75 Å². The molecule has 1 heterocycles. The van der Waals surface area contributed by atoms with Crippen molar-refractivity contribution in [1.82, 2.24) is 9.97 Å². The molecule has 0 atom stereocenters. The quantitative estimate of drug-likeness (QED) is 0.375. The zero-order valence-corrected chi connectivity index (χ0v) is 15.8. The van der Waals surface area contributed by atoms with Crippen LogP contribution in [-0.4, -0.2) is 42.2 Å².